The lowest BCUT2D eigenvalue weighted by atomic mass is 9.99. The number of ether oxygens (including phenoxy) is 1. The highest BCUT2D eigenvalue weighted by atomic mass is 16.5. The molecule has 0 saturated heterocycles. The van der Waals surface area contributed by atoms with Crippen molar-refractivity contribution in [1.29, 1.82) is 0 Å². The maximum absolute atomic E-state index is 12.1. The first-order valence-corrected chi connectivity index (χ1v) is 5.73. The Labute approximate surface area is 99.4 Å². The zero-order chi connectivity index (χ0) is 12.9. The summed E-state index contributed by atoms with van der Waals surface area (Å²) >= 11 is 0. The summed E-state index contributed by atoms with van der Waals surface area (Å²) in [6.07, 6.45) is 0.894. The number of carbonyl (C=O) groups excluding carboxylic acids is 1. The molecule has 0 aliphatic rings. The average molecular weight is 224 g/mol. The molecule has 0 aromatic heterocycles. The van der Waals surface area contributed by atoms with Crippen LogP contribution in [0.15, 0.2) is 22.5 Å². The Morgan fingerprint density at radius 1 is 1.12 bits per heavy atom. The number of hydrogen-bond donors (Lipinski definition) is 0. The first-order chi connectivity index (χ1) is 7.31. The molecule has 0 spiro atoms. The van der Waals surface area contributed by atoms with Crippen LogP contribution in [0.1, 0.15) is 48.0 Å². The van der Waals surface area contributed by atoms with Crippen LogP contribution in [0.25, 0.3) is 0 Å². The predicted molar refractivity (Wildman–Crippen MR) is 68.2 cm³/mol. The lowest BCUT2D eigenvalue weighted by Gasteiger charge is -2.12. The van der Waals surface area contributed by atoms with Crippen molar-refractivity contribution in [3.05, 3.63) is 22.5 Å². The average Bonchev–Trinajstić information content (AvgIpc) is 2.16. The van der Waals surface area contributed by atoms with Crippen LogP contribution in [0.3, 0.4) is 0 Å². The summed E-state index contributed by atoms with van der Waals surface area (Å²) in [5.74, 6) is 1.05. The molecule has 0 amide bonds. The quantitative estimate of drug-likeness (QED) is 0.523. The number of hydrogen-bond acceptors (Lipinski definition) is 2. The van der Waals surface area contributed by atoms with Crippen molar-refractivity contribution in [2.24, 2.45) is 5.92 Å². The van der Waals surface area contributed by atoms with Gasteiger partial charge < -0.3 is 4.74 Å². The molecule has 2 nitrogen and oxygen atoms in total. The van der Waals surface area contributed by atoms with E-state index in [9.17, 15) is 4.79 Å². The number of methoxy groups -OCH3 is 1. The second kappa shape index (κ2) is 6.51. The third-order valence-electron chi connectivity index (χ3n) is 2.60. The van der Waals surface area contributed by atoms with Gasteiger partial charge in [-0.05, 0) is 51.2 Å². The van der Waals surface area contributed by atoms with Gasteiger partial charge in [-0.25, -0.2) is 0 Å². The van der Waals surface area contributed by atoms with Crippen molar-refractivity contribution in [2.75, 3.05) is 7.11 Å². The Morgan fingerprint density at radius 3 is 1.94 bits per heavy atom. The van der Waals surface area contributed by atoms with E-state index in [0.29, 0.717) is 11.7 Å². The molecule has 0 radical (unpaired) electrons. The van der Waals surface area contributed by atoms with Gasteiger partial charge in [0.25, 0.3) is 0 Å². The smallest absolute Gasteiger partial charge is 0.223 e. The molecule has 0 atom stereocenters. The third-order valence-corrected chi connectivity index (χ3v) is 2.60. The number of allylic oxidation sites excluding steroid dienone is 3. The van der Waals surface area contributed by atoms with Crippen molar-refractivity contribution in [2.45, 2.75) is 48.0 Å². The highest BCUT2D eigenvalue weighted by Gasteiger charge is 2.16. The van der Waals surface area contributed by atoms with E-state index in [4.69, 9.17) is 4.74 Å². The fourth-order valence-electron chi connectivity index (χ4n) is 1.56. The summed E-state index contributed by atoms with van der Waals surface area (Å²) < 4.78 is 5.24. The maximum Gasteiger partial charge on any atom is 0.223 e. The van der Waals surface area contributed by atoms with Gasteiger partial charge in [-0.3, -0.25) is 4.79 Å². The van der Waals surface area contributed by atoms with Gasteiger partial charge in [0.2, 0.25) is 5.78 Å². The molecule has 16 heavy (non-hydrogen) atoms. The first kappa shape index (κ1) is 14.9. The molecule has 0 aliphatic carbocycles. The van der Waals surface area contributed by atoms with Crippen molar-refractivity contribution in [3.8, 4) is 0 Å². The summed E-state index contributed by atoms with van der Waals surface area (Å²) in [5.41, 5.74) is 2.85. The van der Waals surface area contributed by atoms with Crippen LogP contribution < -0.4 is 0 Å². The maximum atomic E-state index is 12.1. The third kappa shape index (κ3) is 4.21. The van der Waals surface area contributed by atoms with Gasteiger partial charge in [0.1, 0.15) is 0 Å². The van der Waals surface area contributed by atoms with Crippen LogP contribution in [0.5, 0.6) is 0 Å². The van der Waals surface area contributed by atoms with Crippen LogP contribution in [-0.2, 0) is 9.53 Å². The number of rotatable bonds is 5. The van der Waals surface area contributed by atoms with E-state index in [1.807, 2.05) is 27.7 Å². The molecule has 0 N–H and O–H groups in total. The second-order valence-electron chi connectivity index (χ2n) is 4.87. The Bertz CT molecular complexity index is 316. The fraction of sp³-hybridized carbons (Fsp3) is 0.643. The van der Waals surface area contributed by atoms with E-state index in [-0.39, 0.29) is 5.78 Å². The predicted octanol–water partition coefficient (Wildman–Crippen LogP) is 3.88. The molecule has 0 fully saturated rings. The first-order valence-electron chi connectivity index (χ1n) is 5.73. The van der Waals surface area contributed by atoms with Gasteiger partial charge in [-0.15, -0.1) is 0 Å². The van der Waals surface area contributed by atoms with Crippen LogP contribution in [-0.4, -0.2) is 12.9 Å². The zero-order valence-corrected chi connectivity index (χ0v) is 11.6. The van der Waals surface area contributed by atoms with E-state index in [1.165, 1.54) is 0 Å². The highest BCUT2D eigenvalue weighted by molar-refractivity contribution is 6.07. The van der Waals surface area contributed by atoms with Gasteiger partial charge in [-0.1, -0.05) is 19.4 Å². The Balaban J connectivity index is 5.15. The normalized spacial score (nSPS) is 12.2. The van der Waals surface area contributed by atoms with E-state index in [2.05, 4.69) is 13.8 Å². The standard InChI is InChI=1S/C14H24O2/c1-9(2)8-11(5)14(16-7)13(15)12(6)10(3)4/h9H,8H2,1-7H3. The van der Waals surface area contributed by atoms with Crippen molar-refractivity contribution in [3.63, 3.8) is 0 Å². The highest BCUT2D eigenvalue weighted by Crippen LogP contribution is 2.19. The van der Waals surface area contributed by atoms with Gasteiger partial charge in [0.05, 0.1) is 7.11 Å². The number of ketones is 1. The minimum absolute atomic E-state index is 0.0145. The molecule has 0 unspecified atom stereocenters. The molecule has 0 aromatic carbocycles. The minimum atomic E-state index is 0.0145. The topological polar surface area (TPSA) is 26.3 Å². The molecule has 0 saturated carbocycles. The fourth-order valence-corrected chi connectivity index (χ4v) is 1.56. The molecule has 0 bridgehead atoms. The molecule has 0 rings (SSSR count). The molecule has 0 heterocycles. The van der Waals surface area contributed by atoms with Crippen LogP contribution in [0, 0.1) is 5.92 Å². The molecule has 2 heteroatoms. The summed E-state index contributed by atoms with van der Waals surface area (Å²) in [7, 11) is 1.56. The molecular weight excluding hydrogens is 200 g/mol. The largest absolute Gasteiger partial charge is 0.493 e. The molecule has 0 aliphatic heterocycles. The lowest BCUT2D eigenvalue weighted by Crippen LogP contribution is -2.10. The molecule has 92 valence electrons. The summed E-state index contributed by atoms with van der Waals surface area (Å²) in [4.78, 5) is 12.1. The summed E-state index contributed by atoms with van der Waals surface area (Å²) in [6.45, 7) is 12.0. The van der Waals surface area contributed by atoms with E-state index < -0.39 is 0 Å². The Kier molecular flexibility index (Phi) is 6.09. The van der Waals surface area contributed by atoms with Gasteiger partial charge in [-0.2, -0.15) is 0 Å². The van der Waals surface area contributed by atoms with Crippen LogP contribution in [0.2, 0.25) is 0 Å². The summed E-state index contributed by atoms with van der Waals surface area (Å²) in [5, 5.41) is 0. The SMILES string of the molecule is COC(C(=O)C(C)=C(C)C)=C(C)CC(C)C. The Hall–Kier alpha value is -1.05. The van der Waals surface area contributed by atoms with E-state index >= 15 is 0 Å². The van der Waals surface area contributed by atoms with Crippen LogP contribution in [0.4, 0.5) is 0 Å². The van der Waals surface area contributed by atoms with Crippen molar-refractivity contribution in [1.82, 2.24) is 0 Å². The molecular formula is C14H24O2. The lowest BCUT2D eigenvalue weighted by molar-refractivity contribution is -0.115. The van der Waals surface area contributed by atoms with E-state index in [1.54, 1.807) is 7.11 Å². The van der Waals surface area contributed by atoms with Crippen LogP contribution >= 0.6 is 0 Å². The van der Waals surface area contributed by atoms with Crippen molar-refractivity contribution >= 4 is 5.78 Å². The van der Waals surface area contributed by atoms with Gasteiger partial charge in [0, 0.05) is 0 Å². The number of carbonyl (C=O) groups is 1. The summed E-state index contributed by atoms with van der Waals surface area (Å²) in [6, 6.07) is 0. The van der Waals surface area contributed by atoms with Crippen molar-refractivity contribution < 1.29 is 9.53 Å². The number of Topliss-reactive ketones (excluding diaryl/α,β-unsaturated/α-hetero) is 1. The molecule has 0 aromatic rings. The zero-order valence-electron chi connectivity index (χ0n) is 11.6. The van der Waals surface area contributed by atoms with E-state index in [0.717, 1.165) is 23.1 Å². The second-order valence-corrected chi connectivity index (χ2v) is 4.87. The van der Waals surface area contributed by atoms with Gasteiger partial charge in [0.15, 0.2) is 5.76 Å². The monoisotopic (exact) mass is 224 g/mol. The minimum Gasteiger partial charge on any atom is -0.493 e. The Morgan fingerprint density at radius 2 is 1.62 bits per heavy atom. The van der Waals surface area contributed by atoms with Gasteiger partial charge >= 0.3 is 0 Å².